The van der Waals surface area contributed by atoms with Gasteiger partial charge in [-0.15, -0.1) is 0 Å². The van der Waals surface area contributed by atoms with Crippen LogP contribution in [-0.2, 0) is 13.6 Å². The number of fused-ring (bicyclic) bond motifs is 1. The van der Waals surface area contributed by atoms with E-state index in [4.69, 9.17) is 5.73 Å². The molecule has 0 saturated heterocycles. The van der Waals surface area contributed by atoms with Crippen LogP contribution in [0.4, 0.5) is 0 Å². The maximum atomic E-state index is 5.74. The predicted octanol–water partition coefficient (Wildman–Crippen LogP) is 2.04. The summed E-state index contributed by atoms with van der Waals surface area (Å²) in [6.45, 7) is 4.45. The van der Waals surface area contributed by atoms with Crippen LogP contribution < -0.4 is 5.73 Å². The molecule has 98 valence electrons. The van der Waals surface area contributed by atoms with E-state index in [2.05, 4.69) is 37.9 Å². The van der Waals surface area contributed by atoms with Crippen molar-refractivity contribution in [2.75, 3.05) is 0 Å². The van der Waals surface area contributed by atoms with E-state index in [1.54, 1.807) is 0 Å². The van der Waals surface area contributed by atoms with Gasteiger partial charge in [-0.25, -0.2) is 4.98 Å². The number of aromatic nitrogens is 4. The van der Waals surface area contributed by atoms with Crippen LogP contribution in [0.15, 0.2) is 18.2 Å². The third-order valence-electron chi connectivity index (χ3n) is 3.61. The SMILES string of the molecule is Cc1[nH]nc(CN)c1-c1ccc2c(c1)nc(C)n2C. The minimum Gasteiger partial charge on any atom is -0.331 e. The molecule has 19 heavy (non-hydrogen) atoms. The predicted molar refractivity (Wildman–Crippen MR) is 75.7 cm³/mol. The van der Waals surface area contributed by atoms with Gasteiger partial charge in [0.05, 0.1) is 16.7 Å². The molecule has 3 N–H and O–H groups in total. The van der Waals surface area contributed by atoms with Gasteiger partial charge in [-0.3, -0.25) is 5.10 Å². The van der Waals surface area contributed by atoms with Crippen LogP contribution >= 0.6 is 0 Å². The number of aromatic amines is 1. The molecular weight excluding hydrogens is 238 g/mol. The van der Waals surface area contributed by atoms with Crippen LogP contribution in [-0.4, -0.2) is 19.7 Å². The van der Waals surface area contributed by atoms with Crippen molar-refractivity contribution in [1.82, 2.24) is 19.7 Å². The van der Waals surface area contributed by atoms with E-state index in [0.29, 0.717) is 6.54 Å². The Bertz CT molecular complexity index is 751. The van der Waals surface area contributed by atoms with Gasteiger partial charge >= 0.3 is 0 Å². The highest BCUT2D eigenvalue weighted by molar-refractivity contribution is 5.83. The summed E-state index contributed by atoms with van der Waals surface area (Å²) in [5, 5.41) is 7.23. The Morgan fingerprint density at radius 1 is 1.32 bits per heavy atom. The molecule has 3 aromatic rings. The lowest BCUT2D eigenvalue weighted by Crippen LogP contribution is -1.98. The summed E-state index contributed by atoms with van der Waals surface area (Å²) in [5.41, 5.74) is 12.0. The molecule has 1 aromatic carbocycles. The van der Waals surface area contributed by atoms with Crippen molar-refractivity contribution in [1.29, 1.82) is 0 Å². The molecule has 0 unspecified atom stereocenters. The van der Waals surface area contributed by atoms with Crippen LogP contribution in [0.2, 0.25) is 0 Å². The average Bonchev–Trinajstić information content (AvgIpc) is 2.90. The molecule has 0 spiro atoms. The standard InChI is InChI=1S/C14H17N5/c1-8-14(12(7-15)18-17-8)10-4-5-13-11(6-10)16-9(2)19(13)3/h4-6H,7,15H2,1-3H3,(H,17,18). The molecule has 2 heterocycles. The molecular formula is C14H17N5. The highest BCUT2D eigenvalue weighted by Crippen LogP contribution is 2.28. The molecule has 0 fully saturated rings. The van der Waals surface area contributed by atoms with E-state index < -0.39 is 0 Å². The van der Waals surface area contributed by atoms with Gasteiger partial charge < -0.3 is 10.3 Å². The summed E-state index contributed by atoms with van der Waals surface area (Å²) < 4.78 is 2.09. The number of H-pyrrole nitrogens is 1. The number of benzene rings is 1. The second kappa shape index (κ2) is 4.20. The third-order valence-corrected chi connectivity index (χ3v) is 3.61. The molecule has 0 atom stereocenters. The van der Waals surface area contributed by atoms with Crippen LogP contribution in [0.3, 0.4) is 0 Å². The van der Waals surface area contributed by atoms with Gasteiger partial charge in [0.25, 0.3) is 0 Å². The van der Waals surface area contributed by atoms with Crippen molar-refractivity contribution in [3.8, 4) is 11.1 Å². The summed E-state index contributed by atoms with van der Waals surface area (Å²) in [5.74, 6) is 1.01. The second-order valence-corrected chi connectivity index (χ2v) is 4.80. The lowest BCUT2D eigenvalue weighted by Gasteiger charge is -2.03. The Kier molecular flexibility index (Phi) is 2.64. The minimum absolute atomic E-state index is 0.430. The molecule has 5 heteroatoms. The maximum absolute atomic E-state index is 5.74. The number of rotatable bonds is 2. The fraction of sp³-hybridized carbons (Fsp3) is 0.286. The monoisotopic (exact) mass is 255 g/mol. The van der Waals surface area contributed by atoms with Gasteiger partial charge in [-0.2, -0.15) is 5.10 Å². The van der Waals surface area contributed by atoms with Crippen LogP contribution in [0.5, 0.6) is 0 Å². The number of hydrogen-bond donors (Lipinski definition) is 2. The first-order valence-corrected chi connectivity index (χ1v) is 6.29. The van der Waals surface area contributed by atoms with Crippen molar-refractivity contribution in [2.24, 2.45) is 12.8 Å². The lowest BCUT2D eigenvalue weighted by atomic mass is 10.0. The molecule has 3 rings (SSSR count). The van der Waals surface area contributed by atoms with E-state index in [1.165, 1.54) is 0 Å². The molecule has 0 saturated carbocycles. The summed E-state index contributed by atoms with van der Waals surface area (Å²) in [6.07, 6.45) is 0. The first kappa shape index (κ1) is 11.9. The topological polar surface area (TPSA) is 72.5 Å². The van der Waals surface area contributed by atoms with E-state index in [9.17, 15) is 0 Å². The number of aryl methyl sites for hydroxylation is 3. The number of nitrogens with zero attached hydrogens (tertiary/aromatic N) is 3. The maximum Gasteiger partial charge on any atom is 0.106 e. The van der Waals surface area contributed by atoms with E-state index >= 15 is 0 Å². The zero-order chi connectivity index (χ0) is 13.6. The molecule has 0 aliphatic heterocycles. The fourth-order valence-electron chi connectivity index (χ4n) is 2.49. The molecule has 0 amide bonds. The summed E-state index contributed by atoms with van der Waals surface area (Å²) in [6, 6.07) is 6.29. The summed E-state index contributed by atoms with van der Waals surface area (Å²) in [4.78, 5) is 4.57. The van der Waals surface area contributed by atoms with Gasteiger partial charge in [0.1, 0.15) is 5.82 Å². The first-order valence-electron chi connectivity index (χ1n) is 6.29. The van der Waals surface area contributed by atoms with Crippen molar-refractivity contribution in [2.45, 2.75) is 20.4 Å². The molecule has 0 radical (unpaired) electrons. The zero-order valence-electron chi connectivity index (χ0n) is 11.4. The Balaban J connectivity index is 2.23. The Morgan fingerprint density at radius 2 is 2.11 bits per heavy atom. The van der Waals surface area contributed by atoms with Crippen molar-refractivity contribution in [3.63, 3.8) is 0 Å². The molecule has 2 aromatic heterocycles. The first-order chi connectivity index (χ1) is 9.11. The van der Waals surface area contributed by atoms with Crippen LogP contribution in [0.1, 0.15) is 17.2 Å². The number of hydrogen-bond acceptors (Lipinski definition) is 3. The third kappa shape index (κ3) is 1.74. The van der Waals surface area contributed by atoms with Gasteiger partial charge in [0.2, 0.25) is 0 Å². The van der Waals surface area contributed by atoms with Crippen molar-refractivity contribution < 1.29 is 0 Å². The smallest absolute Gasteiger partial charge is 0.106 e. The molecule has 5 nitrogen and oxygen atoms in total. The second-order valence-electron chi connectivity index (χ2n) is 4.80. The zero-order valence-corrected chi connectivity index (χ0v) is 11.4. The molecule has 0 aliphatic carbocycles. The quantitative estimate of drug-likeness (QED) is 0.736. The largest absolute Gasteiger partial charge is 0.331 e. The number of nitrogens with one attached hydrogen (secondary N) is 1. The van der Waals surface area contributed by atoms with Gasteiger partial charge in [-0.1, -0.05) is 6.07 Å². The lowest BCUT2D eigenvalue weighted by molar-refractivity contribution is 0.886. The Labute approximate surface area is 111 Å². The molecule has 0 aliphatic rings. The van der Waals surface area contributed by atoms with Crippen LogP contribution in [0, 0.1) is 13.8 Å². The number of nitrogens with two attached hydrogens (primary N) is 1. The number of imidazole rings is 1. The fourth-order valence-corrected chi connectivity index (χ4v) is 2.49. The Hall–Kier alpha value is -2.14. The van der Waals surface area contributed by atoms with Gasteiger partial charge in [0.15, 0.2) is 0 Å². The van der Waals surface area contributed by atoms with Gasteiger partial charge in [0, 0.05) is 24.8 Å². The average molecular weight is 255 g/mol. The highest BCUT2D eigenvalue weighted by atomic mass is 15.1. The van der Waals surface area contributed by atoms with Gasteiger partial charge in [-0.05, 0) is 31.5 Å². The van der Waals surface area contributed by atoms with Crippen molar-refractivity contribution in [3.05, 3.63) is 35.4 Å². The highest BCUT2D eigenvalue weighted by Gasteiger charge is 2.13. The van der Waals surface area contributed by atoms with E-state index in [1.807, 2.05) is 20.9 Å². The minimum atomic E-state index is 0.430. The summed E-state index contributed by atoms with van der Waals surface area (Å²) in [7, 11) is 2.03. The summed E-state index contributed by atoms with van der Waals surface area (Å²) >= 11 is 0. The Morgan fingerprint density at radius 3 is 2.84 bits per heavy atom. The van der Waals surface area contributed by atoms with E-state index in [0.717, 1.165) is 39.4 Å². The van der Waals surface area contributed by atoms with Crippen LogP contribution in [0.25, 0.3) is 22.2 Å². The normalized spacial score (nSPS) is 11.4. The van der Waals surface area contributed by atoms with Crippen molar-refractivity contribution >= 4 is 11.0 Å². The van der Waals surface area contributed by atoms with E-state index in [-0.39, 0.29) is 0 Å². The molecule has 0 bridgehead atoms.